The summed E-state index contributed by atoms with van der Waals surface area (Å²) < 4.78 is 7.19. The normalized spacial score (nSPS) is 10.8. The van der Waals surface area contributed by atoms with Gasteiger partial charge in [-0.15, -0.1) is 11.3 Å². The van der Waals surface area contributed by atoms with Crippen LogP contribution in [0.3, 0.4) is 0 Å². The number of thiazole rings is 1. The van der Waals surface area contributed by atoms with E-state index in [0.29, 0.717) is 11.3 Å². The molecule has 20 heavy (non-hydrogen) atoms. The molecular weight excluding hydrogens is 274 g/mol. The molecule has 2 N–H and O–H groups in total. The van der Waals surface area contributed by atoms with Crippen molar-refractivity contribution in [1.29, 1.82) is 0 Å². The van der Waals surface area contributed by atoms with Crippen molar-refractivity contribution in [2.75, 3.05) is 5.73 Å². The third-order valence-electron chi connectivity index (χ3n) is 3.09. The smallest absolute Gasteiger partial charge is 0.338 e. The maximum atomic E-state index is 12.0. The molecule has 0 unspecified atom stereocenters. The molecule has 0 aliphatic heterocycles. The number of imidazole rings is 1. The fraction of sp³-hybridized carbons (Fsp3) is 0.143. The number of nitrogens with two attached hydrogens (primary N) is 1. The van der Waals surface area contributed by atoms with E-state index in [2.05, 4.69) is 4.98 Å². The van der Waals surface area contributed by atoms with Gasteiger partial charge in [0, 0.05) is 23.5 Å². The quantitative estimate of drug-likeness (QED) is 0.594. The summed E-state index contributed by atoms with van der Waals surface area (Å²) in [6.07, 6.45) is 3.77. The third kappa shape index (κ3) is 2.25. The van der Waals surface area contributed by atoms with Gasteiger partial charge >= 0.3 is 5.97 Å². The standard InChI is InChI=1S/C14H13N3O2S/c1-9-11(3-2-4-12(9)15)13(18)19-8-10-7-17-5-6-20-14(17)16-10/h2-7H,8,15H2,1H3. The molecular formula is C14H13N3O2S. The zero-order valence-corrected chi connectivity index (χ0v) is 11.7. The highest BCUT2D eigenvalue weighted by Gasteiger charge is 2.13. The summed E-state index contributed by atoms with van der Waals surface area (Å²) >= 11 is 1.54. The van der Waals surface area contributed by atoms with E-state index in [1.807, 2.05) is 22.2 Å². The van der Waals surface area contributed by atoms with Gasteiger partial charge in [0.1, 0.15) is 6.61 Å². The number of carbonyl (C=O) groups is 1. The van der Waals surface area contributed by atoms with Gasteiger partial charge < -0.3 is 10.5 Å². The van der Waals surface area contributed by atoms with Crippen LogP contribution in [0.4, 0.5) is 5.69 Å². The van der Waals surface area contributed by atoms with E-state index in [4.69, 9.17) is 10.5 Å². The van der Waals surface area contributed by atoms with Gasteiger partial charge in [-0.25, -0.2) is 9.78 Å². The first kappa shape index (κ1) is 12.7. The Hall–Kier alpha value is -2.34. The molecule has 0 bridgehead atoms. The van der Waals surface area contributed by atoms with Crippen molar-refractivity contribution >= 4 is 28.0 Å². The molecule has 0 atom stereocenters. The van der Waals surface area contributed by atoms with Crippen LogP contribution < -0.4 is 5.73 Å². The van der Waals surface area contributed by atoms with Crippen molar-refractivity contribution in [2.24, 2.45) is 0 Å². The lowest BCUT2D eigenvalue weighted by molar-refractivity contribution is 0.0467. The zero-order valence-electron chi connectivity index (χ0n) is 10.9. The number of nitrogens with zero attached hydrogens (tertiary/aromatic N) is 2. The second-order valence-electron chi connectivity index (χ2n) is 4.42. The molecule has 0 spiro atoms. The molecule has 2 heterocycles. The molecule has 3 aromatic rings. The van der Waals surface area contributed by atoms with Crippen molar-refractivity contribution in [3.63, 3.8) is 0 Å². The first-order chi connectivity index (χ1) is 9.65. The van der Waals surface area contributed by atoms with Crippen LogP contribution in [-0.4, -0.2) is 15.4 Å². The minimum absolute atomic E-state index is 0.154. The van der Waals surface area contributed by atoms with Gasteiger partial charge in [-0.3, -0.25) is 4.40 Å². The van der Waals surface area contributed by atoms with Gasteiger partial charge in [-0.1, -0.05) is 6.07 Å². The van der Waals surface area contributed by atoms with Crippen LogP contribution in [0.2, 0.25) is 0 Å². The lowest BCUT2D eigenvalue weighted by Gasteiger charge is -2.07. The average Bonchev–Trinajstić information content (AvgIpc) is 3.00. The molecule has 0 radical (unpaired) electrons. The zero-order chi connectivity index (χ0) is 14.1. The predicted octanol–water partition coefficient (Wildman–Crippen LogP) is 2.64. The molecule has 0 saturated carbocycles. The van der Waals surface area contributed by atoms with Gasteiger partial charge in [0.25, 0.3) is 0 Å². The number of hydrogen-bond acceptors (Lipinski definition) is 5. The Labute approximate surface area is 119 Å². The highest BCUT2D eigenvalue weighted by molar-refractivity contribution is 7.15. The van der Waals surface area contributed by atoms with Crippen molar-refractivity contribution in [3.05, 3.63) is 52.8 Å². The predicted molar refractivity (Wildman–Crippen MR) is 77.8 cm³/mol. The largest absolute Gasteiger partial charge is 0.456 e. The third-order valence-corrected chi connectivity index (χ3v) is 3.86. The summed E-state index contributed by atoms with van der Waals surface area (Å²) in [5.41, 5.74) is 8.33. The Morgan fingerprint density at radius 1 is 1.50 bits per heavy atom. The van der Waals surface area contributed by atoms with Gasteiger partial charge in [-0.2, -0.15) is 0 Å². The van der Waals surface area contributed by atoms with Crippen molar-refractivity contribution in [3.8, 4) is 0 Å². The van der Waals surface area contributed by atoms with E-state index in [1.165, 1.54) is 11.3 Å². The Morgan fingerprint density at radius 3 is 3.15 bits per heavy atom. The van der Waals surface area contributed by atoms with E-state index in [-0.39, 0.29) is 12.6 Å². The Balaban J connectivity index is 1.73. The number of ether oxygens (including phenoxy) is 1. The summed E-state index contributed by atoms with van der Waals surface area (Å²) in [6, 6.07) is 5.21. The van der Waals surface area contributed by atoms with Gasteiger partial charge in [0.05, 0.1) is 11.3 Å². The molecule has 0 saturated heterocycles. The van der Waals surface area contributed by atoms with E-state index < -0.39 is 0 Å². The highest BCUT2D eigenvalue weighted by Crippen LogP contribution is 2.17. The molecule has 2 aromatic heterocycles. The Kier molecular flexibility index (Phi) is 3.15. The summed E-state index contributed by atoms with van der Waals surface area (Å²) in [5.74, 6) is -0.383. The van der Waals surface area contributed by atoms with Crippen LogP contribution in [-0.2, 0) is 11.3 Å². The van der Waals surface area contributed by atoms with E-state index in [1.54, 1.807) is 25.1 Å². The lowest BCUT2D eigenvalue weighted by atomic mass is 10.1. The Morgan fingerprint density at radius 2 is 2.35 bits per heavy atom. The van der Waals surface area contributed by atoms with Crippen molar-refractivity contribution in [2.45, 2.75) is 13.5 Å². The number of fused-ring (bicyclic) bond motifs is 1. The molecule has 5 nitrogen and oxygen atoms in total. The minimum atomic E-state index is -0.383. The lowest BCUT2D eigenvalue weighted by Crippen LogP contribution is -2.08. The number of benzene rings is 1. The fourth-order valence-corrected chi connectivity index (χ4v) is 2.66. The molecule has 3 rings (SSSR count). The average molecular weight is 287 g/mol. The molecule has 0 aliphatic rings. The van der Waals surface area contributed by atoms with E-state index in [0.717, 1.165) is 16.2 Å². The Bertz CT molecular complexity index is 747. The van der Waals surface area contributed by atoms with Crippen LogP contribution in [0.1, 0.15) is 21.6 Å². The van der Waals surface area contributed by atoms with Crippen LogP contribution in [0.5, 0.6) is 0 Å². The molecule has 0 fully saturated rings. The summed E-state index contributed by atoms with van der Waals surface area (Å²) in [6.45, 7) is 1.96. The van der Waals surface area contributed by atoms with Crippen molar-refractivity contribution in [1.82, 2.24) is 9.38 Å². The number of anilines is 1. The maximum Gasteiger partial charge on any atom is 0.338 e. The number of aromatic nitrogens is 2. The maximum absolute atomic E-state index is 12.0. The summed E-state index contributed by atoms with van der Waals surface area (Å²) in [7, 11) is 0. The molecule has 0 amide bonds. The number of esters is 1. The number of nitrogen functional groups attached to an aromatic ring is 1. The van der Waals surface area contributed by atoms with Gasteiger partial charge in [0.2, 0.25) is 0 Å². The molecule has 0 aliphatic carbocycles. The minimum Gasteiger partial charge on any atom is -0.456 e. The van der Waals surface area contributed by atoms with Crippen molar-refractivity contribution < 1.29 is 9.53 Å². The van der Waals surface area contributed by atoms with Crippen LogP contribution in [0.15, 0.2) is 36.0 Å². The molecule has 6 heteroatoms. The topological polar surface area (TPSA) is 69.6 Å². The fourth-order valence-electron chi connectivity index (χ4n) is 1.94. The number of carbonyl (C=O) groups excluding carboxylic acids is 1. The number of rotatable bonds is 3. The monoisotopic (exact) mass is 287 g/mol. The van der Waals surface area contributed by atoms with Crippen LogP contribution in [0.25, 0.3) is 4.96 Å². The van der Waals surface area contributed by atoms with Crippen LogP contribution >= 0.6 is 11.3 Å². The summed E-state index contributed by atoms with van der Waals surface area (Å²) in [4.78, 5) is 17.3. The van der Waals surface area contributed by atoms with Gasteiger partial charge in [0.15, 0.2) is 4.96 Å². The summed E-state index contributed by atoms with van der Waals surface area (Å²) in [5, 5.41) is 1.95. The first-order valence-electron chi connectivity index (χ1n) is 6.08. The van der Waals surface area contributed by atoms with Gasteiger partial charge in [-0.05, 0) is 24.6 Å². The van der Waals surface area contributed by atoms with E-state index in [9.17, 15) is 4.79 Å². The first-order valence-corrected chi connectivity index (χ1v) is 6.96. The molecule has 1 aromatic carbocycles. The second-order valence-corrected chi connectivity index (χ2v) is 5.29. The SMILES string of the molecule is Cc1c(N)cccc1C(=O)OCc1cn2ccsc2n1. The highest BCUT2D eigenvalue weighted by atomic mass is 32.1. The van der Waals surface area contributed by atoms with E-state index >= 15 is 0 Å². The second kappa shape index (κ2) is 4.97. The van der Waals surface area contributed by atoms with Crippen LogP contribution in [0, 0.1) is 6.92 Å². The molecule has 102 valence electrons. The number of hydrogen-bond donors (Lipinski definition) is 1.